The number of imidazole rings is 1. The summed E-state index contributed by atoms with van der Waals surface area (Å²) in [5.41, 5.74) is 0.201. The summed E-state index contributed by atoms with van der Waals surface area (Å²) in [5, 5.41) is 4.99. The van der Waals surface area contributed by atoms with Gasteiger partial charge in [-0.25, -0.2) is 18.5 Å². The first-order valence-corrected chi connectivity index (χ1v) is 6.84. The van der Waals surface area contributed by atoms with Gasteiger partial charge in [0.1, 0.15) is 10.4 Å². The molecule has 0 amide bonds. The van der Waals surface area contributed by atoms with Gasteiger partial charge in [-0.1, -0.05) is 13.8 Å². The van der Waals surface area contributed by atoms with E-state index in [1.165, 1.54) is 0 Å². The number of nitrogens with two attached hydrogens (primary N) is 1. The molecule has 7 heteroatoms. The zero-order valence-corrected chi connectivity index (χ0v) is 10.8. The van der Waals surface area contributed by atoms with Crippen LogP contribution in [-0.4, -0.2) is 18.4 Å². The lowest BCUT2D eigenvalue weighted by molar-refractivity contribution is 0.591. The maximum absolute atomic E-state index is 11.1. The summed E-state index contributed by atoms with van der Waals surface area (Å²) in [6.07, 6.45) is 1.01. The van der Waals surface area contributed by atoms with Crippen LogP contribution in [-0.2, 0) is 10.0 Å². The minimum Gasteiger partial charge on any atom is -0.331 e. The summed E-state index contributed by atoms with van der Waals surface area (Å²) in [7, 11) is -3.72. The fourth-order valence-corrected chi connectivity index (χ4v) is 3.13. The van der Waals surface area contributed by atoms with Crippen LogP contribution in [0.25, 0.3) is 0 Å². The largest absolute Gasteiger partial charge is 0.331 e. The van der Waals surface area contributed by atoms with Crippen LogP contribution in [0.2, 0.25) is 0 Å². The first-order valence-electron chi connectivity index (χ1n) is 4.50. The molecule has 1 aliphatic rings. The Morgan fingerprint density at radius 3 is 2.47 bits per heavy atom. The molecule has 1 aliphatic carbocycles. The van der Waals surface area contributed by atoms with Crippen LogP contribution in [0.1, 0.15) is 32.0 Å². The third-order valence-electron chi connectivity index (χ3n) is 2.78. The Morgan fingerprint density at radius 2 is 2.13 bits per heavy atom. The van der Waals surface area contributed by atoms with Gasteiger partial charge in [0.15, 0.2) is 5.03 Å². The molecule has 0 radical (unpaired) electrons. The number of rotatable bonds is 2. The lowest BCUT2D eigenvalue weighted by atomic mass is 10.1. The van der Waals surface area contributed by atoms with E-state index < -0.39 is 10.0 Å². The average molecular weight is 294 g/mol. The van der Waals surface area contributed by atoms with Crippen molar-refractivity contribution in [3.05, 3.63) is 10.4 Å². The Balaban J connectivity index is 2.39. The molecule has 1 saturated carbocycles. The van der Waals surface area contributed by atoms with Gasteiger partial charge in [-0.05, 0) is 27.8 Å². The van der Waals surface area contributed by atoms with E-state index in [9.17, 15) is 8.42 Å². The number of sulfonamides is 1. The highest BCUT2D eigenvalue weighted by molar-refractivity contribution is 9.10. The third-order valence-corrected chi connectivity index (χ3v) is 4.48. The van der Waals surface area contributed by atoms with Crippen molar-refractivity contribution in [2.75, 3.05) is 0 Å². The second-order valence-corrected chi connectivity index (χ2v) is 6.78. The van der Waals surface area contributed by atoms with Crippen LogP contribution >= 0.6 is 15.9 Å². The van der Waals surface area contributed by atoms with Crippen molar-refractivity contribution in [2.24, 2.45) is 10.6 Å². The summed E-state index contributed by atoms with van der Waals surface area (Å²) in [6.45, 7) is 4.23. The molecule has 1 heterocycles. The smallest absolute Gasteiger partial charge is 0.256 e. The van der Waals surface area contributed by atoms with Gasteiger partial charge in [-0.3, -0.25) is 0 Å². The highest BCUT2D eigenvalue weighted by Crippen LogP contribution is 2.57. The first kappa shape index (κ1) is 11.1. The SMILES string of the molecule is CC1(C)CC1c1nc(Br)c(S(N)(=O)=O)[nH]1. The minimum absolute atomic E-state index is 0.0415. The van der Waals surface area contributed by atoms with E-state index in [0.29, 0.717) is 11.7 Å². The fourth-order valence-electron chi connectivity index (χ4n) is 1.64. The van der Waals surface area contributed by atoms with Crippen molar-refractivity contribution in [1.82, 2.24) is 9.97 Å². The van der Waals surface area contributed by atoms with E-state index in [1.807, 2.05) is 0 Å². The number of H-pyrrole nitrogens is 1. The Hall–Kier alpha value is -0.400. The predicted octanol–water partition coefficient (Wildman–Crippen LogP) is 1.33. The molecule has 0 bridgehead atoms. The number of nitrogens with zero attached hydrogens (tertiary/aromatic N) is 1. The Bertz CT molecular complexity index is 506. The van der Waals surface area contributed by atoms with E-state index in [1.54, 1.807) is 0 Å². The quantitative estimate of drug-likeness (QED) is 0.862. The highest BCUT2D eigenvalue weighted by Gasteiger charge is 2.48. The van der Waals surface area contributed by atoms with E-state index >= 15 is 0 Å². The molecule has 0 aromatic carbocycles. The molecule has 1 atom stereocenters. The molecule has 0 aliphatic heterocycles. The molecule has 1 unspecified atom stereocenters. The zero-order valence-electron chi connectivity index (χ0n) is 8.41. The number of hydrogen-bond acceptors (Lipinski definition) is 3. The van der Waals surface area contributed by atoms with Gasteiger partial charge in [0.25, 0.3) is 10.0 Å². The van der Waals surface area contributed by atoms with Gasteiger partial charge in [-0.15, -0.1) is 0 Å². The monoisotopic (exact) mass is 293 g/mol. The van der Waals surface area contributed by atoms with Gasteiger partial charge in [-0.2, -0.15) is 0 Å². The summed E-state index contributed by atoms with van der Waals surface area (Å²) >= 11 is 3.09. The maximum Gasteiger partial charge on any atom is 0.256 e. The van der Waals surface area contributed by atoms with Crippen LogP contribution in [0.3, 0.4) is 0 Å². The lowest BCUT2D eigenvalue weighted by Crippen LogP contribution is -2.13. The summed E-state index contributed by atoms with van der Waals surface area (Å²) < 4.78 is 22.6. The summed E-state index contributed by atoms with van der Waals surface area (Å²) in [4.78, 5) is 6.90. The van der Waals surface area contributed by atoms with Gasteiger partial charge in [0.05, 0.1) is 0 Å². The van der Waals surface area contributed by atoms with Gasteiger partial charge < -0.3 is 4.98 Å². The van der Waals surface area contributed by atoms with Crippen LogP contribution in [0.15, 0.2) is 9.63 Å². The molecule has 15 heavy (non-hydrogen) atoms. The van der Waals surface area contributed by atoms with E-state index in [-0.39, 0.29) is 15.0 Å². The molecule has 1 fully saturated rings. The standard InChI is InChI=1S/C8H12BrN3O2S/c1-8(2)3-4(8)6-11-5(9)7(12-6)15(10,13)14/h4H,3H2,1-2H3,(H,11,12)(H2,10,13,14). The number of aromatic nitrogens is 2. The topological polar surface area (TPSA) is 88.8 Å². The van der Waals surface area contributed by atoms with Crippen molar-refractivity contribution in [2.45, 2.75) is 31.2 Å². The summed E-state index contributed by atoms with van der Waals surface area (Å²) in [5.74, 6) is 0.986. The Morgan fingerprint density at radius 1 is 1.60 bits per heavy atom. The van der Waals surface area contributed by atoms with Gasteiger partial charge in [0, 0.05) is 5.92 Å². The van der Waals surface area contributed by atoms with E-state index in [4.69, 9.17) is 5.14 Å². The highest BCUT2D eigenvalue weighted by atomic mass is 79.9. The van der Waals surface area contributed by atoms with Gasteiger partial charge >= 0.3 is 0 Å². The van der Waals surface area contributed by atoms with E-state index in [0.717, 1.165) is 6.42 Å². The average Bonchev–Trinajstić information content (AvgIpc) is 2.52. The van der Waals surface area contributed by atoms with Crippen LogP contribution in [0.5, 0.6) is 0 Å². The Labute approximate surface area is 96.6 Å². The van der Waals surface area contributed by atoms with Crippen molar-refractivity contribution in [1.29, 1.82) is 0 Å². The molecule has 5 nitrogen and oxygen atoms in total. The fraction of sp³-hybridized carbons (Fsp3) is 0.625. The Kier molecular flexibility index (Phi) is 2.26. The van der Waals surface area contributed by atoms with Crippen molar-refractivity contribution in [3.63, 3.8) is 0 Å². The molecule has 0 saturated heterocycles. The predicted molar refractivity (Wildman–Crippen MR) is 58.8 cm³/mol. The van der Waals surface area contributed by atoms with Crippen LogP contribution in [0, 0.1) is 5.41 Å². The number of nitrogens with one attached hydrogen (secondary N) is 1. The molecule has 1 aromatic heterocycles. The number of hydrogen-bond donors (Lipinski definition) is 2. The number of aromatic amines is 1. The second-order valence-electron chi connectivity index (χ2n) is 4.53. The third kappa shape index (κ3) is 1.95. The van der Waals surface area contributed by atoms with Crippen LogP contribution in [0.4, 0.5) is 0 Å². The van der Waals surface area contributed by atoms with E-state index in [2.05, 4.69) is 39.7 Å². The molecule has 84 valence electrons. The normalized spacial score (nSPS) is 24.1. The van der Waals surface area contributed by atoms with Crippen molar-refractivity contribution < 1.29 is 8.42 Å². The number of primary sulfonamides is 1. The molecule has 3 N–H and O–H groups in total. The van der Waals surface area contributed by atoms with Crippen LogP contribution < -0.4 is 5.14 Å². The van der Waals surface area contributed by atoms with Crippen molar-refractivity contribution >= 4 is 26.0 Å². The lowest BCUT2D eigenvalue weighted by Gasteiger charge is -1.98. The first-order chi connectivity index (χ1) is 6.72. The molecule has 2 rings (SSSR count). The molecular weight excluding hydrogens is 282 g/mol. The zero-order chi connectivity index (χ0) is 11.4. The van der Waals surface area contributed by atoms with Gasteiger partial charge in [0.2, 0.25) is 0 Å². The van der Waals surface area contributed by atoms with Crippen molar-refractivity contribution in [3.8, 4) is 0 Å². The second kappa shape index (κ2) is 3.05. The molecular formula is C8H12BrN3O2S. The summed E-state index contributed by atoms with van der Waals surface area (Å²) in [6, 6.07) is 0. The number of halogens is 1. The maximum atomic E-state index is 11.1. The molecule has 1 aromatic rings. The minimum atomic E-state index is -3.72. The molecule has 0 spiro atoms.